The van der Waals surface area contributed by atoms with Crippen LogP contribution in [-0.4, -0.2) is 25.8 Å². The minimum atomic E-state index is -0.271. The average molecular weight is 426 g/mol. The molecule has 3 aromatic rings. The molecule has 1 aliphatic rings. The first-order valence-electron chi connectivity index (χ1n) is 8.50. The Morgan fingerprint density at radius 3 is 2.54 bits per heavy atom. The maximum Gasteiger partial charge on any atom is 0.222 e. The molecule has 5 N–H and O–H groups in total. The van der Waals surface area contributed by atoms with Crippen LogP contribution >= 0.6 is 24.8 Å². The van der Waals surface area contributed by atoms with Crippen LogP contribution in [0.3, 0.4) is 0 Å². The lowest BCUT2D eigenvalue weighted by Gasteiger charge is -2.32. The van der Waals surface area contributed by atoms with Crippen LogP contribution in [0.15, 0.2) is 42.7 Å². The van der Waals surface area contributed by atoms with Crippen molar-refractivity contribution in [3.8, 4) is 5.69 Å². The quantitative estimate of drug-likeness (QED) is 0.579. The van der Waals surface area contributed by atoms with E-state index in [4.69, 9.17) is 11.5 Å². The molecule has 2 heterocycles. The molecule has 0 unspecified atom stereocenters. The fraction of sp³-hybridized carbons (Fsp3) is 0.278. The number of rotatable bonds is 5. The van der Waals surface area contributed by atoms with Crippen molar-refractivity contribution in [2.75, 3.05) is 11.1 Å². The molecule has 10 heteroatoms. The van der Waals surface area contributed by atoms with Gasteiger partial charge in [0.05, 0.1) is 17.6 Å². The highest BCUT2D eigenvalue weighted by Crippen LogP contribution is 2.35. The number of nitrogens with one attached hydrogen (secondary N) is 1. The highest BCUT2D eigenvalue weighted by atomic mass is 35.5. The summed E-state index contributed by atoms with van der Waals surface area (Å²) in [5.41, 5.74) is 14.4. The van der Waals surface area contributed by atoms with E-state index in [0.29, 0.717) is 18.3 Å². The maximum atomic E-state index is 13.0. The van der Waals surface area contributed by atoms with Crippen LogP contribution in [0.2, 0.25) is 0 Å². The van der Waals surface area contributed by atoms with E-state index in [-0.39, 0.29) is 42.6 Å². The number of benzene rings is 1. The van der Waals surface area contributed by atoms with Crippen molar-refractivity contribution in [2.24, 2.45) is 5.73 Å². The number of hydrogen-bond donors (Lipinski definition) is 3. The molecule has 0 aliphatic heterocycles. The summed E-state index contributed by atoms with van der Waals surface area (Å²) in [5, 5.41) is 7.56. The smallest absolute Gasteiger partial charge is 0.222 e. The standard InChI is InChI=1S/C18H20FN7.2ClH/c19-13-1-3-15(4-2-13)26-10-11(9-23-26)8-22-17-7-16(24-18(21)25-17)12-5-14(20)6-12;;/h1-4,7,9-10,12,14H,5-6,8,20H2,(H3,21,22,24,25);2*1H. The molecule has 4 rings (SSSR count). The number of nitrogens with two attached hydrogens (primary N) is 2. The topological polar surface area (TPSA) is 108 Å². The van der Waals surface area contributed by atoms with Crippen molar-refractivity contribution in [3.63, 3.8) is 0 Å². The van der Waals surface area contributed by atoms with E-state index in [2.05, 4.69) is 20.4 Å². The Morgan fingerprint density at radius 2 is 1.86 bits per heavy atom. The van der Waals surface area contributed by atoms with Gasteiger partial charge in [-0.1, -0.05) is 0 Å². The average Bonchev–Trinajstić information content (AvgIpc) is 3.06. The molecular weight excluding hydrogens is 404 g/mol. The van der Waals surface area contributed by atoms with Crippen molar-refractivity contribution in [1.82, 2.24) is 19.7 Å². The highest BCUT2D eigenvalue weighted by molar-refractivity contribution is 5.85. The lowest BCUT2D eigenvalue weighted by molar-refractivity contribution is 0.345. The van der Waals surface area contributed by atoms with E-state index in [1.54, 1.807) is 23.0 Å². The van der Waals surface area contributed by atoms with Gasteiger partial charge < -0.3 is 16.8 Å². The van der Waals surface area contributed by atoms with Gasteiger partial charge in [-0.05, 0) is 37.1 Å². The van der Waals surface area contributed by atoms with Gasteiger partial charge in [0.15, 0.2) is 0 Å². The molecule has 1 fully saturated rings. The predicted octanol–water partition coefficient (Wildman–Crippen LogP) is 3.04. The fourth-order valence-electron chi connectivity index (χ4n) is 3.07. The second kappa shape index (κ2) is 9.18. The SMILES string of the molecule is Cl.Cl.Nc1nc(NCc2cnn(-c3ccc(F)cc3)c2)cc(C2CC(N)C2)n1. The molecule has 150 valence electrons. The Labute approximate surface area is 174 Å². The Hall–Kier alpha value is -2.42. The van der Waals surface area contributed by atoms with Crippen molar-refractivity contribution in [3.05, 3.63) is 59.8 Å². The number of hydrogen-bond acceptors (Lipinski definition) is 6. The third-order valence-corrected chi connectivity index (χ3v) is 4.56. The number of halogens is 3. The van der Waals surface area contributed by atoms with Crippen molar-refractivity contribution in [2.45, 2.75) is 31.3 Å². The van der Waals surface area contributed by atoms with Crippen LogP contribution < -0.4 is 16.8 Å². The summed E-state index contributed by atoms with van der Waals surface area (Å²) in [7, 11) is 0. The van der Waals surface area contributed by atoms with Gasteiger partial charge in [-0.15, -0.1) is 24.8 Å². The molecule has 1 aliphatic carbocycles. The molecule has 2 aromatic heterocycles. The summed E-state index contributed by atoms with van der Waals surface area (Å²) >= 11 is 0. The van der Waals surface area contributed by atoms with Gasteiger partial charge in [0.25, 0.3) is 0 Å². The first-order chi connectivity index (χ1) is 12.6. The Morgan fingerprint density at radius 1 is 1.14 bits per heavy atom. The van der Waals surface area contributed by atoms with Crippen molar-refractivity contribution < 1.29 is 4.39 Å². The Bertz CT molecular complexity index is 911. The molecular formula is C18H22Cl2FN7. The third-order valence-electron chi connectivity index (χ3n) is 4.56. The molecule has 7 nitrogen and oxygen atoms in total. The van der Waals surface area contributed by atoms with Gasteiger partial charge in [0.1, 0.15) is 11.6 Å². The van der Waals surface area contributed by atoms with Crippen LogP contribution in [0, 0.1) is 5.82 Å². The fourth-order valence-corrected chi connectivity index (χ4v) is 3.07. The molecule has 1 saturated carbocycles. The zero-order chi connectivity index (χ0) is 18.1. The zero-order valence-corrected chi connectivity index (χ0v) is 16.6. The van der Waals surface area contributed by atoms with Crippen LogP contribution in [0.25, 0.3) is 5.69 Å². The molecule has 1 aromatic carbocycles. The molecule has 0 atom stereocenters. The van der Waals surface area contributed by atoms with Crippen LogP contribution in [-0.2, 0) is 6.54 Å². The van der Waals surface area contributed by atoms with Gasteiger partial charge >= 0.3 is 0 Å². The van der Waals surface area contributed by atoms with E-state index in [1.165, 1.54) is 12.1 Å². The van der Waals surface area contributed by atoms with Crippen molar-refractivity contribution >= 4 is 36.6 Å². The predicted molar refractivity (Wildman–Crippen MR) is 112 cm³/mol. The minimum Gasteiger partial charge on any atom is -0.368 e. The van der Waals surface area contributed by atoms with Gasteiger partial charge in [0, 0.05) is 36.3 Å². The molecule has 0 spiro atoms. The van der Waals surface area contributed by atoms with E-state index >= 15 is 0 Å². The zero-order valence-electron chi connectivity index (χ0n) is 15.0. The lowest BCUT2D eigenvalue weighted by Crippen LogP contribution is -2.35. The number of aromatic nitrogens is 4. The van der Waals surface area contributed by atoms with E-state index in [1.807, 2.05) is 12.3 Å². The van der Waals surface area contributed by atoms with Gasteiger partial charge in [-0.3, -0.25) is 0 Å². The summed E-state index contributed by atoms with van der Waals surface area (Å²) in [6.07, 6.45) is 5.50. The number of anilines is 2. The largest absolute Gasteiger partial charge is 0.368 e. The first-order valence-corrected chi connectivity index (χ1v) is 8.50. The molecule has 0 bridgehead atoms. The van der Waals surface area contributed by atoms with E-state index < -0.39 is 0 Å². The van der Waals surface area contributed by atoms with Crippen LogP contribution in [0.4, 0.5) is 16.2 Å². The van der Waals surface area contributed by atoms with E-state index in [9.17, 15) is 4.39 Å². The first kappa shape index (κ1) is 21.9. The molecule has 0 radical (unpaired) electrons. The Balaban J connectivity index is 0.00000140. The monoisotopic (exact) mass is 425 g/mol. The van der Waals surface area contributed by atoms with Crippen LogP contribution in [0.5, 0.6) is 0 Å². The summed E-state index contributed by atoms with van der Waals surface area (Å²) in [4.78, 5) is 8.56. The second-order valence-corrected chi connectivity index (χ2v) is 6.59. The molecule has 0 amide bonds. The number of nitrogens with zero attached hydrogens (tertiary/aromatic N) is 4. The molecule has 0 saturated heterocycles. The van der Waals surface area contributed by atoms with Crippen molar-refractivity contribution in [1.29, 1.82) is 0 Å². The third kappa shape index (κ3) is 4.89. The lowest BCUT2D eigenvalue weighted by atomic mass is 9.78. The number of nitrogen functional groups attached to an aromatic ring is 1. The molecule has 28 heavy (non-hydrogen) atoms. The van der Waals surface area contributed by atoms with Gasteiger partial charge in [0.2, 0.25) is 5.95 Å². The van der Waals surface area contributed by atoms with Crippen LogP contribution in [0.1, 0.15) is 30.0 Å². The van der Waals surface area contributed by atoms with Gasteiger partial charge in [-0.2, -0.15) is 10.1 Å². The summed E-state index contributed by atoms with van der Waals surface area (Å²) in [5.74, 6) is 1.03. The normalized spacial score (nSPS) is 17.8. The van der Waals surface area contributed by atoms with E-state index in [0.717, 1.165) is 29.8 Å². The summed E-state index contributed by atoms with van der Waals surface area (Å²) in [6.45, 7) is 0.543. The Kier molecular flexibility index (Phi) is 7.17. The second-order valence-electron chi connectivity index (χ2n) is 6.59. The minimum absolute atomic E-state index is 0. The highest BCUT2D eigenvalue weighted by Gasteiger charge is 2.29. The summed E-state index contributed by atoms with van der Waals surface area (Å²) < 4.78 is 14.7. The maximum absolute atomic E-state index is 13.0. The van der Waals surface area contributed by atoms with Gasteiger partial charge in [-0.25, -0.2) is 14.1 Å². The summed E-state index contributed by atoms with van der Waals surface area (Å²) in [6, 6.07) is 8.36.